The van der Waals surface area contributed by atoms with Gasteiger partial charge in [-0.3, -0.25) is 9.59 Å². The maximum Gasteiger partial charge on any atom is 0.254 e. The first kappa shape index (κ1) is 26.2. The van der Waals surface area contributed by atoms with Gasteiger partial charge in [0.05, 0.1) is 0 Å². The summed E-state index contributed by atoms with van der Waals surface area (Å²) in [6, 6.07) is 3.76. The normalized spacial score (nSPS) is 20.7. The number of alkyl halides is 1. The smallest absolute Gasteiger partial charge is 0.254 e. The molecule has 0 saturated heterocycles. The summed E-state index contributed by atoms with van der Waals surface area (Å²) in [5.74, 6) is -0.246. The van der Waals surface area contributed by atoms with Crippen LogP contribution in [0.3, 0.4) is 0 Å². The lowest BCUT2D eigenvalue weighted by Crippen LogP contribution is -2.70. The quantitative estimate of drug-likeness (QED) is 0.214. The predicted molar refractivity (Wildman–Crippen MR) is 138 cm³/mol. The van der Waals surface area contributed by atoms with Crippen molar-refractivity contribution >= 4 is 40.2 Å². The van der Waals surface area contributed by atoms with Crippen LogP contribution in [0, 0.1) is 17.3 Å². The van der Waals surface area contributed by atoms with Crippen LogP contribution >= 0.6 is 22.6 Å². The molecule has 1 aromatic heterocycles. The molecule has 2 fully saturated rings. The van der Waals surface area contributed by atoms with Gasteiger partial charge in [0.1, 0.15) is 11.4 Å². The molecule has 6 N–H and O–H groups in total. The summed E-state index contributed by atoms with van der Waals surface area (Å²) in [7, 11) is 0. The van der Waals surface area contributed by atoms with Gasteiger partial charge < -0.3 is 21.9 Å². The molecule has 0 bridgehead atoms. The van der Waals surface area contributed by atoms with E-state index in [1.165, 1.54) is 26.7 Å². The standard InChI is InChI=1S/C25H39IN4O3/c1-23(2,33)22(32)30-25(26,21(28)31)24(18-9-5-3-6-10-18,19-11-7-4-8-12-19)15-17-13-14-20(27)29-16-17/h13-14,16,18-19,33H,3-12,15H2,1-2H3,(H2,27,29)(H2,28,31)(H,30,32)/t25-/m1/s1. The van der Waals surface area contributed by atoms with E-state index >= 15 is 0 Å². The minimum atomic E-state index is -1.63. The van der Waals surface area contributed by atoms with Crippen LogP contribution in [0.2, 0.25) is 0 Å². The minimum absolute atomic E-state index is 0.221. The zero-order chi connectivity index (χ0) is 24.3. The number of hydrogen-bond acceptors (Lipinski definition) is 5. The van der Waals surface area contributed by atoms with Gasteiger partial charge in [-0.1, -0.05) is 44.6 Å². The van der Waals surface area contributed by atoms with Gasteiger partial charge in [0.25, 0.3) is 11.8 Å². The fourth-order valence-corrected chi connectivity index (χ4v) is 7.45. The van der Waals surface area contributed by atoms with E-state index in [4.69, 9.17) is 11.5 Å². The van der Waals surface area contributed by atoms with Crippen molar-refractivity contribution in [1.29, 1.82) is 0 Å². The number of rotatable bonds is 8. The molecule has 0 aromatic carbocycles. The number of carbonyl (C=O) groups is 2. The van der Waals surface area contributed by atoms with Crippen molar-refractivity contribution in [2.24, 2.45) is 23.0 Å². The molecule has 0 unspecified atom stereocenters. The van der Waals surface area contributed by atoms with Crippen LogP contribution < -0.4 is 16.8 Å². The number of aromatic nitrogens is 1. The SMILES string of the molecule is CC(C)(O)C(=O)N[C@](I)(C(N)=O)C(Cc1ccc(N)nc1)(C1CCCCC1)C1CCCCC1. The van der Waals surface area contributed by atoms with Crippen molar-refractivity contribution in [1.82, 2.24) is 10.3 Å². The molecule has 2 aliphatic carbocycles. The van der Waals surface area contributed by atoms with E-state index in [1.807, 2.05) is 6.07 Å². The second-order valence-electron chi connectivity index (χ2n) is 10.5. The van der Waals surface area contributed by atoms with E-state index in [1.54, 1.807) is 12.3 Å². The van der Waals surface area contributed by atoms with Gasteiger partial charge in [-0.2, -0.15) is 0 Å². The Morgan fingerprint density at radius 2 is 1.58 bits per heavy atom. The third-order valence-electron chi connectivity index (χ3n) is 7.83. The minimum Gasteiger partial charge on any atom is -0.384 e. The van der Waals surface area contributed by atoms with Crippen molar-refractivity contribution < 1.29 is 14.7 Å². The summed E-state index contributed by atoms with van der Waals surface area (Å²) in [5, 5.41) is 13.4. The topological polar surface area (TPSA) is 131 Å². The van der Waals surface area contributed by atoms with Crippen molar-refractivity contribution in [3.8, 4) is 0 Å². The van der Waals surface area contributed by atoms with Gasteiger partial charge in [0, 0.05) is 11.6 Å². The Hall–Kier alpha value is -1.42. The lowest BCUT2D eigenvalue weighted by Gasteiger charge is -2.57. The highest BCUT2D eigenvalue weighted by Gasteiger charge is 2.62. The number of halogens is 1. The monoisotopic (exact) mass is 570 g/mol. The molecule has 33 heavy (non-hydrogen) atoms. The number of hydrogen-bond donors (Lipinski definition) is 4. The Kier molecular flexibility index (Phi) is 8.30. The molecule has 3 rings (SSSR count). The Morgan fingerprint density at radius 3 is 1.97 bits per heavy atom. The lowest BCUT2D eigenvalue weighted by atomic mass is 9.53. The van der Waals surface area contributed by atoms with Gasteiger partial charge in [-0.05, 0) is 92.0 Å². The summed E-state index contributed by atoms with van der Waals surface area (Å²) in [5.41, 5.74) is 10.8. The highest BCUT2D eigenvalue weighted by Crippen LogP contribution is 2.58. The fourth-order valence-electron chi connectivity index (χ4n) is 6.14. The Labute approximate surface area is 211 Å². The van der Waals surface area contributed by atoms with Crippen LogP contribution in [-0.2, 0) is 16.0 Å². The van der Waals surface area contributed by atoms with Crippen LogP contribution in [0.1, 0.15) is 83.6 Å². The number of nitrogens with zero attached hydrogens (tertiary/aromatic N) is 1. The van der Waals surface area contributed by atoms with Crippen LogP contribution in [0.25, 0.3) is 0 Å². The van der Waals surface area contributed by atoms with E-state index in [0.717, 1.165) is 56.9 Å². The number of pyridine rings is 1. The van der Waals surface area contributed by atoms with E-state index < -0.39 is 26.4 Å². The number of nitrogen functional groups attached to an aromatic ring is 1. The van der Waals surface area contributed by atoms with Crippen molar-refractivity contribution in [3.05, 3.63) is 23.9 Å². The lowest BCUT2D eigenvalue weighted by molar-refractivity contribution is -0.145. The average Bonchev–Trinajstić information content (AvgIpc) is 2.79. The summed E-state index contributed by atoms with van der Waals surface area (Å²) in [6.07, 6.45) is 13.1. The fraction of sp³-hybridized carbons (Fsp3) is 0.720. The highest BCUT2D eigenvalue weighted by molar-refractivity contribution is 14.1. The molecule has 0 radical (unpaired) electrons. The summed E-state index contributed by atoms with van der Waals surface area (Å²) in [4.78, 5) is 30.7. The van der Waals surface area contributed by atoms with Gasteiger partial charge in [-0.25, -0.2) is 4.98 Å². The first-order chi connectivity index (χ1) is 15.5. The molecule has 2 saturated carbocycles. The molecule has 0 aliphatic heterocycles. The Balaban J connectivity index is 2.20. The first-order valence-corrected chi connectivity index (χ1v) is 13.3. The Morgan fingerprint density at radius 1 is 1.06 bits per heavy atom. The van der Waals surface area contributed by atoms with Crippen LogP contribution in [0.15, 0.2) is 18.3 Å². The van der Waals surface area contributed by atoms with E-state index in [2.05, 4.69) is 32.9 Å². The van der Waals surface area contributed by atoms with E-state index in [-0.39, 0.29) is 11.8 Å². The van der Waals surface area contributed by atoms with Crippen molar-refractivity contribution in [2.45, 2.75) is 93.6 Å². The molecule has 1 heterocycles. The van der Waals surface area contributed by atoms with Gasteiger partial charge >= 0.3 is 0 Å². The number of primary amides is 1. The predicted octanol–water partition coefficient (Wildman–Crippen LogP) is 3.86. The average molecular weight is 571 g/mol. The Bertz CT molecular complexity index is 809. The second kappa shape index (κ2) is 10.5. The van der Waals surface area contributed by atoms with E-state index in [9.17, 15) is 14.7 Å². The molecule has 8 heteroatoms. The van der Waals surface area contributed by atoms with Gasteiger partial charge in [0.2, 0.25) is 0 Å². The summed E-state index contributed by atoms with van der Waals surface area (Å²) < 4.78 is -1.35. The van der Waals surface area contributed by atoms with E-state index in [0.29, 0.717) is 12.2 Å². The maximum absolute atomic E-state index is 13.3. The molecule has 0 spiro atoms. The maximum atomic E-state index is 13.3. The molecular formula is C25H39IN4O3. The van der Waals surface area contributed by atoms with Gasteiger partial charge in [0.15, 0.2) is 3.55 Å². The van der Waals surface area contributed by atoms with Crippen molar-refractivity contribution in [2.75, 3.05) is 5.73 Å². The zero-order valence-corrected chi connectivity index (χ0v) is 22.1. The van der Waals surface area contributed by atoms with Crippen LogP contribution in [0.5, 0.6) is 0 Å². The number of anilines is 1. The highest BCUT2D eigenvalue weighted by atomic mass is 127. The summed E-state index contributed by atoms with van der Waals surface area (Å²) in [6.45, 7) is 2.88. The molecule has 2 aliphatic rings. The third kappa shape index (κ3) is 5.47. The van der Waals surface area contributed by atoms with Crippen LogP contribution in [0.4, 0.5) is 5.82 Å². The molecule has 2 amide bonds. The number of nitrogens with two attached hydrogens (primary N) is 2. The number of aliphatic hydroxyl groups is 1. The number of carbonyl (C=O) groups excluding carboxylic acids is 2. The number of nitrogens with one attached hydrogen (secondary N) is 1. The first-order valence-electron chi connectivity index (χ1n) is 12.2. The van der Waals surface area contributed by atoms with Gasteiger partial charge in [-0.15, -0.1) is 0 Å². The summed E-state index contributed by atoms with van der Waals surface area (Å²) >= 11 is 2.11. The molecule has 1 aromatic rings. The molecule has 7 nitrogen and oxygen atoms in total. The molecule has 1 atom stereocenters. The van der Waals surface area contributed by atoms with Crippen LogP contribution in [-0.4, -0.2) is 31.1 Å². The third-order valence-corrected chi connectivity index (χ3v) is 9.64. The molecular weight excluding hydrogens is 531 g/mol. The number of amides is 2. The van der Waals surface area contributed by atoms with Crippen molar-refractivity contribution in [3.63, 3.8) is 0 Å². The zero-order valence-electron chi connectivity index (χ0n) is 19.9. The largest absolute Gasteiger partial charge is 0.384 e. The molecule has 184 valence electrons. The second-order valence-corrected chi connectivity index (χ2v) is 12.1.